The molecule has 1 unspecified atom stereocenters. The van der Waals surface area contributed by atoms with E-state index in [1.807, 2.05) is 29.2 Å². The number of aromatic hydroxyl groups is 1. The lowest BCUT2D eigenvalue weighted by Crippen LogP contribution is -2.53. The minimum absolute atomic E-state index is 0.000185. The molecule has 11 nitrogen and oxygen atoms in total. The summed E-state index contributed by atoms with van der Waals surface area (Å²) in [6.07, 6.45) is 3.72. The number of urea groups is 1. The average Bonchev–Trinajstić information content (AvgIpc) is 3.24. The van der Waals surface area contributed by atoms with Crippen LogP contribution in [0.2, 0.25) is 0 Å². The number of nitrogens with one attached hydrogen (secondary N) is 1. The fraction of sp³-hybridized carbons (Fsp3) is 0.559. The maximum Gasteiger partial charge on any atom is 0.410 e. The number of rotatable bonds is 6. The van der Waals surface area contributed by atoms with E-state index in [0.717, 1.165) is 55.5 Å². The quantitative estimate of drug-likeness (QED) is 0.379. The number of phenols is 1. The minimum atomic E-state index is -1.04. The van der Waals surface area contributed by atoms with Gasteiger partial charge in [0.05, 0.1) is 15.0 Å². The Bertz CT molecular complexity index is 1440. The number of piperidine rings is 3. The summed E-state index contributed by atoms with van der Waals surface area (Å²) in [6.45, 7) is 4.21. The van der Waals surface area contributed by atoms with E-state index in [4.69, 9.17) is 4.74 Å². The number of likely N-dealkylation sites (tertiary alicyclic amines) is 3. The summed E-state index contributed by atoms with van der Waals surface area (Å²) >= 11 is 6.74. The maximum absolute atomic E-state index is 14.0. The average molecular weight is 778 g/mol. The third-order valence-electron chi connectivity index (χ3n) is 10.0. The number of hydrogen-bond donors (Lipinski definition) is 3. The summed E-state index contributed by atoms with van der Waals surface area (Å²) < 4.78 is 6.96. The molecule has 0 spiro atoms. The number of benzene rings is 2. The number of fused-ring (bicyclic) bond motifs is 1. The molecule has 4 aliphatic heterocycles. The van der Waals surface area contributed by atoms with E-state index in [1.54, 1.807) is 21.9 Å². The maximum atomic E-state index is 14.0. The van der Waals surface area contributed by atoms with Crippen molar-refractivity contribution in [1.82, 2.24) is 19.6 Å². The van der Waals surface area contributed by atoms with Crippen LogP contribution in [-0.2, 0) is 22.4 Å². The Hall–Kier alpha value is -2.87. The first-order chi connectivity index (χ1) is 22.7. The van der Waals surface area contributed by atoms with Crippen molar-refractivity contribution in [2.45, 2.75) is 75.7 Å². The van der Waals surface area contributed by atoms with Crippen molar-refractivity contribution in [2.24, 2.45) is 0 Å². The number of hydrogen-bond acceptors (Lipinski definition) is 7. The fourth-order valence-electron chi connectivity index (χ4n) is 7.39. The minimum Gasteiger partial charge on any atom is -0.506 e. The molecule has 0 radical (unpaired) electrons. The molecule has 47 heavy (non-hydrogen) atoms. The van der Waals surface area contributed by atoms with Crippen LogP contribution in [0, 0.1) is 0 Å². The molecule has 2 aromatic rings. The molecule has 4 amide bonds. The molecule has 0 aliphatic carbocycles. The normalized spacial score (nSPS) is 22.3. The largest absolute Gasteiger partial charge is 0.506 e. The van der Waals surface area contributed by atoms with Crippen LogP contribution in [0.25, 0.3) is 0 Å². The molecule has 4 heterocycles. The molecule has 2 atom stereocenters. The summed E-state index contributed by atoms with van der Waals surface area (Å²) in [4.78, 5) is 48.2. The van der Waals surface area contributed by atoms with Crippen LogP contribution in [0.4, 0.5) is 15.3 Å². The third kappa shape index (κ3) is 8.06. The number of β-amino-alcohol motifs (C(OH)–C–C–N with tert-alkyl or cyclic N) is 1. The van der Waals surface area contributed by atoms with Gasteiger partial charge in [0.25, 0.3) is 5.91 Å². The Labute approximate surface area is 292 Å². The van der Waals surface area contributed by atoms with E-state index in [0.29, 0.717) is 67.1 Å². The number of ether oxygens (including phenoxy) is 1. The van der Waals surface area contributed by atoms with E-state index in [2.05, 4.69) is 42.1 Å². The predicted molar refractivity (Wildman–Crippen MR) is 184 cm³/mol. The second-order valence-electron chi connectivity index (χ2n) is 13.1. The summed E-state index contributed by atoms with van der Waals surface area (Å²) in [5.74, 6) is -0.171. The van der Waals surface area contributed by atoms with Gasteiger partial charge in [-0.2, -0.15) is 0 Å². The monoisotopic (exact) mass is 775 g/mol. The highest BCUT2D eigenvalue weighted by Crippen LogP contribution is 2.34. The zero-order chi connectivity index (χ0) is 33.1. The van der Waals surface area contributed by atoms with Crippen molar-refractivity contribution in [3.05, 3.63) is 56.5 Å². The highest BCUT2D eigenvalue weighted by molar-refractivity contribution is 9.11. The second kappa shape index (κ2) is 15.1. The molecule has 6 rings (SSSR count). The van der Waals surface area contributed by atoms with E-state index in [-0.39, 0.29) is 36.3 Å². The van der Waals surface area contributed by atoms with Crippen LogP contribution in [-0.4, -0.2) is 118 Å². The zero-order valence-corrected chi connectivity index (χ0v) is 29.6. The summed E-state index contributed by atoms with van der Waals surface area (Å²) in [7, 11) is 0. The molecular weight excluding hydrogens is 734 g/mol. The fourth-order valence-corrected chi connectivity index (χ4v) is 8.67. The van der Waals surface area contributed by atoms with Gasteiger partial charge in [-0.1, -0.05) is 18.2 Å². The van der Waals surface area contributed by atoms with Gasteiger partial charge >= 0.3 is 12.1 Å². The van der Waals surface area contributed by atoms with Crippen LogP contribution in [0.15, 0.2) is 45.3 Å². The van der Waals surface area contributed by atoms with Crippen LogP contribution in [0.5, 0.6) is 5.75 Å². The van der Waals surface area contributed by atoms with Crippen molar-refractivity contribution in [1.29, 1.82) is 0 Å². The van der Waals surface area contributed by atoms with Crippen LogP contribution in [0.1, 0.15) is 49.7 Å². The zero-order valence-electron chi connectivity index (χ0n) is 26.5. The number of aliphatic hydroxyl groups excluding tert-OH is 1. The van der Waals surface area contributed by atoms with Crippen molar-refractivity contribution in [3.8, 4) is 5.75 Å². The van der Waals surface area contributed by atoms with Gasteiger partial charge in [-0.05, 0) is 113 Å². The van der Waals surface area contributed by atoms with Crippen molar-refractivity contribution < 1.29 is 29.3 Å². The Morgan fingerprint density at radius 3 is 2.28 bits per heavy atom. The number of para-hydroxylation sites is 1. The van der Waals surface area contributed by atoms with Crippen LogP contribution < -0.4 is 5.32 Å². The van der Waals surface area contributed by atoms with Gasteiger partial charge in [0.2, 0.25) is 0 Å². The molecule has 0 bridgehead atoms. The number of halogens is 2. The summed E-state index contributed by atoms with van der Waals surface area (Å²) in [6, 6.07) is 11.5. The highest BCUT2D eigenvalue weighted by Gasteiger charge is 2.37. The molecule has 3 N–H and O–H groups in total. The van der Waals surface area contributed by atoms with Gasteiger partial charge < -0.3 is 35.0 Å². The van der Waals surface area contributed by atoms with Crippen molar-refractivity contribution in [3.63, 3.8) is 0 Å². The molecule has 3 saturated heterocycles. The number of amides is 4. The Balaban J connectivity index is 1.09. The molecular formula is C34H43Br2N5O6. The molecule has 4 aliphatic rings. The molecule has 13 heteroatoms. The van der Waals surface area contributed by atoms with E-state index in [1.165, 1.54) is 0 Å². The van der Waals surface area contributed by atoms with Crippen LogP contribution in [0.3, 0.4) is 0 Å². The predicted octanol–water partition coefficient (Wildman–Crippen LogP) is 4.97. The van der Waals surface area contributed by atoms with Crippen molar-refractivity contribution >= 4 is 55.6 Å². The Kier molecular flexibility index (Phi) is 10.9. The third-order valence-corrected chi connectivity index (χ3v) is 11.3. The molecule has 0 aromatic heterocycles. The SMILES string of the molecule is O=C(O[C@H](Cc1cc(Br)c(O)c(Br)c1)C(=O)N1CCC(N2CCCC(O)C2)CC1)N1CCC(N2CCc3ccccc3NC2=O)CC1. The number of carbonyl (C=O) groups excluding carboxylic acids is 3. The van der Waals surface area contributed by atoms with E-state index >= 15 is 0 Å². The van der Waals surface area contributed by atoms with Gasteiger partial charge in [-0.25, -0.2) is 9.59 Å². The smallest absolute Gasteiger partial charge is 0.410 e. The van der Waals surface area contributed by atoms with Gasteiger partial charge in [0, 0.05) is 63.5 Å². The molecule has 254 valence electrons. The number of nitrogens with zero attached hydrogens (tertiary/aromatic N) is 4. The lowest BCUT2D eigenvalue weighted by atomic mass is 9.98. The Morgan fingerprint density at radius 1 is 0.915 bits per heavy atom. The lowest BCUT2D eigenvalue weighted by Gasteiger charge is -2.42. The van der Waals surface area contributed by atoms with Crippen LogP contribution >= 0.6 is 31.9 Å². The second-order valence-corrected chi connectivity index (χ2v) is 14.8. The van der Waals surface area contributed by atoms with Crippen molar-refractivity contribution in [2.75, 3.05) is 51.1 Å². The van der Waals surface area contributed by atoms with Gasteiger partial charge in [0.15, 0.2) is 6.10 Å². The van der Waals surface area contributed by atoms with E-state index in [9.17, 15) is 24.6 Å². The first-order valence-electron chi connectivity index (χ1n) is 16.6. The number of anilines is 1. The molecule has 2 aromatic carbocycles. The highest BCUT2D eigenvalue weighted by atomic mass is 79.9. The topological polar surface area (TPSA) is 126 Å². The summed E-state index contributed by atoms with van der Waals surface area (Å²) in [5.41, 5.74) is 2.69. The van der Waals surface area contributed by atoms with Gasteiger partial charge in [-0.15, -0.1) is 0 Å². The van der Waals surface area contributed by atoms with Gasteiger partial charge in [0.1, 0.15) is 5.75 Å². The summed E-state index contributed by atoms with van der Waals surface area (Å²) in [5, 5.41) is 23.4. The first-order valence-corrected chi connectivity index (χ1v) is 18.2. The lowest BCUT2D eigenvalue weighted by molar-refractivity contribution is -0.142. The standard InChI is InChI=1S/C34H43Br2N5O6/c35-27-18-22(19-28(36)31(27)43)20-30(32(44)38-13-8-24(9-14-38)40-12-3-5-26(42)21-40)47-34(46)39-15-10-25(11-16-39)41-17-7-23-4-1-2-6-29(23)37-33(41)45/h1-2,4,6,18-19,24-26,30,42-43H,3,5,7-17,20-21H2,(H,37,45)/t26?,30-/m1/s1. The molecule has 3 fully saturated rings. The Morgan fingerprint density at radius 2 is 1.57 bits per heavy atom. The number of phenolic OH excluding ortho intramolecular Hbond substituents is 1. The number of aliphatic hydroxyl groups is 1. The number of carbonyl (C=O) groups is 3. The molecule has 0 saturated carbocycles. The van der Waals surface area contributed by atoms with Gasteiger partial charge in [-0.3, -0.25) is 9.69 Å². The van der Waals surface area contributed by atoms with E-state index < -0.39 is 12.2 Å². The first kappa shape index (κ1) is 34.0.